The normalized spacial score (nSPS) is 11.9. The third-order valence-electron chi connectivity index (χ3n) is 2.73. The van der Waals surface area contributed by atoms with Gasteiger partial charge < -0.3 is 10.1 Å². The first-order valence-electron chi connectivity index (χ1n) is 6.03. The van der Waals surface area contributed by atoms with Gasteiger partial charge in [-0.3, -0.25) is 9.59 Å². The van der Waals surface area contributed by atoms with Gasteiger partial charge in [0, 0.05) is 12.6 Å². The first-order valence-corrected chi connectivity index (χ1v) is 6.03. The number of carbonyl (C=O) groups is 2. The summed E-state index contributed by atoms with van der Waals surface area (Å²) in [7, 11) is 0. The fraction of sp³-hybridized carbons (Fsp3) is 0.200. The molecule has 0 aliphatic carbocycles. The molecule has 0 aliphatic rings. The Bertz CT molecular complexity index is 622. The predicted octanol–water partition coefficient (Wildman–Crippen LogP) is 2.73. The number of ether oxygens (including phenoxy) is 1. The SMILES string of the molecule is CC(=O)O[C@@H](C)C(=O)Nc1ccc2ccccc2c1. The van der Waals surface area contributed by atoms with Gasteiger partial charge in [-0.2, -0.15) is 0 Å². The molecule has 4 nitrogen and oxygen atoms in total. The summed E-state index contributed by atoms with van der Waals surface area (Å²) in [4.78, 5) is 22.6. The lowest BCUT2D eigenvalue weighted by molar-refractivity contribution is -0.150. The van der Waals surface area contributed by atoms with Gasteiger partial charge in [-0.25, -0.2) is 0 Å². The summed E-state index contributed by atoms with van der Waals surface area (Å²) in [6.07, 6.45) is -0.802. The van der Waals surface area contributed by atoms with Crippen molar-refractivity contribution in [1.82, 2.24) is 0 Å². The number of rotatable bonds is 3. The van der Waals surface area contributed by atoms with Crippen LogP contribution in [0.5, 0.6) is 0 Å². The number of nitrogens with one attached hydrogen (secondary N) is 1. The molecule has 0 aromatic heterocycles. The summed E-state index contributed by atoms with van der Waals surface area (Å²) in [5.74, 6) is -0.813. The van der Waals surface area contributed by atoms with E-state index in [2.05, 4.69) is 5.32 Å². The van der Waals surface area contributed by atoms with Crippen molar-refractivity contribution < 1.29 is 14.3 Å². The summed E-state index contributed by atoms with van der Waals surface area (Å²) in [5, 5.41) is 4.87. The topological polar surface area (TPSA) is 55.4 Å². The smallest absolute Gasteiger partial charge is 0.303 e. The van der Waals surface area contributed by atoms with Crippen molar-refractivity contribution >= 4 is 28.3 Å². The molecule has 0 saturated heterocycles. The molecule has 2 rings (SSSR count). The molecule has 0 heterocycles. The standard InChI is InChI=1S/C15H15NO3/c1-10(19-11(2)17)15(18)16-14-8-7-12-5-3-4-6-13(12)9-14/h3-10H,1-2H3,(H,16,18)/t10-/m0/s1. The molecule has 0 spiro atoms. The minimum atomic E-state index is -0.802. The van der Waals surface area contributed by atoms with Gasteiger partial charge in [-0.1, -0.05) is 30.3 Å². The van der Waals surface area contributed by atoms with Crippen LogP contribution in [0.3, 0.4) is 0 Å². The van der Waals surface area contributed by atoms with Crippen LogP contribution in [0.1, 0.15) is 13.8 Å². The maximum atomic E-state index is 11.8. The Morgan fingerprint density at radius 3 is 2.47 bits per heavy atom. The highest BCUT2D eigenvalue weighted by molar-refractivity contribution is 5.97. The van der Waals surface area contributed by atoms with E-state index in [0.717, 1.165) is 10.8 Å². The van der Waals surface area contributed by atoms with Gasteiger partial charge >= 0.3 is 5.97 Å². The Morgan fingerprint density at radius 2 is 1.79 bits per heavy atom. The quantitative estimate of drug-likeness (QED) is 0.860. The summed E-state index contributed by atoms with van der Waals surface area (Å²) >= 11 is 0. The maximum Gasteiger partial charge on any atom is 0.303 e. The molecule has 0 saturated carbocycles. The molecule has 98 valence electrons. The first-order chi connectivity index (χ1) is 9.06. The van der Waals surface area contributed by atoms with Gasteiger partial charge in [0.1, 0.15) is 0 Å². The molecule has 0 radical (unpaired) electrons. The highest BCUT2D eigenvalue weighted by Gasteiger charge is 2.15. The van der Waals surface area contributed by atoms with Crippen LogP contribution in [0, 0.1) is 0 Å². The van der Waals surface area contributed by atoms with Gasteiger partial charge in [0.2, 0.25) is 0 Å². The number of esters is 1. The Balaban J connectivity index is 2.12. The minimum Gasteiger partial charge on any atom is -0.453 e. The van der Waals surface area contributed by atoms with Crippen LogP contribution in [0.4, 0.5) is 5.69 Å². The van der Waals surface area contributed by atoms with Crippen molar-refractivity contribution in [3.63, 3.8) is 0 Å². The second kappa shape index (κ2) is 5.52. The maximum absolute atomic E-state index is 11.8. The first kappa shape index (κ1) is 13.1. The zero-order chi connectivity index (χ0) is 13.8. The summed E-state index contributed by atoms with van der Waals surface area (Å²) < 4.78 is 4.82. The van der Waals surface area contributed by atoms with E-state index in [-0.39, 0.29) is 5.91 Å². The van der Waals surface area contributed by atoms with Crippen LogP contribution < -0.4 is 5.32 Å². The van der Waals surface area contributed by atoms with Crippen molar-refractivity contribution in [3.8, 4) is 0 Å². The molecular formula is C15H15NO3. The van der Waals surface area contributed by atoms with E-state index >= 15 is 0 Å². The molecule has 1 atom stereocenters. The second-order valence-corrected chi connectivity index (χ2v) is 4.30. The number of fused-ring (bicyclic) bond motifs is 1. The van der Waals surface area contributed by atoms with Gasteiger partial charge in [-0.05, 0) is 29.8 Å². The third kappa shape index (κ3) is 3.31. The highest BCUT2D eigenvalue weighted by atomic mass is 16.5. The largest absolute Gasteiger partial charge is 0.453 e. The van der Waals surface area contributed by atoms with E-state index < -0.39 is 12.1 Å². The van der Waals surface area contributed by atoms with E-state index in [9.17, 15) is 9.59 Å². The molecule has 0 aliphatic heterocycles. The molecule has 0 unspecified atom stereocenters. The van der Waals surface area contributed by atoms with Gasteiger partial charge in [0.05, 0.1) is 0 Å². The molecular weight excluding hydrogens is 242 g/mol. The van der Waals surface area contributed by atoms with Gasteiger partial charge in [0.25, 0.3) is 5.91 Å². The molecule has 19 heavy (non-hydrogen) atoms. The van der Waals surface area contributed by atoms with Crippen LogP contribution in [-0.4, -0.2) is 18.0 Å². The minimum absolute atomic E-state index is 0.342. The molecule has 0 fully saturated rings. The molecule has 2 aromatic rings. The van der Waals surface area contributed by atoms with Crippen LogP contribution in [0.15, 0.2) is 42.5 Å². The van der Waals surface area contributed by atoms with Crippen LogP contribution >= 0.6 is 0 Å². The van der Waals surface area contributed by atoms with Gasteiger partial charge in [0.15, 0.2) is 6.10 Å². The summed E-state index contributed by atoms with van der Waals surface area (Å²) in [6.45, 7) is 2.82. The average Bonchev–Trinajstić information content (AvgIpc) is 2.37. The van der Waals surface area contributed by atoms with Crippen LogP contribution in [0.2, 0.25) is 0 Å². The zero-order valence-electron chi connectivity index (χ0n) is 10.8. The van der Waals surface area contributed by atoms with E-state index in [1.807, 2.05) is 42.5 Å². The Morgan fingerprint density at radius 1 is 1.11 bits per heavy atom. The second-order valence-electron chi connectivity index (χ2n) is 4.30. The number of anilines is 1. The van der Waals surface area contributed by atoms with E-state index in [1.165, 1.54) is 13.8 Å². The average molecular weight is 257 g/mol. The lowest BCUT2D eigenvalue weighted by Crippen LogP contribution is -2.29. The van der Waals surface area contributed by atoms with Crippen LogP contribution in [0.25, 0.3) is 10.8 Å². The van der Waals surface area contributed by atoms with E-state index in [1.54, 1.807) is 0 Å². The lowest BCUT2D eigenvalue weighted by Gasteiger charge is -2.12. The van der Waals surface area contributed by atoms with Crippen molar-refractivity contribution in [2.75, 3.05) is 5.32 Å². The monoisotopic (exact) mass is 257 g/mol. The van der Waals surface area contributed by atoms with Gasteiger partial charge in [-0.15, -0.1) is 0 Å². The molecule has 2 aromatic carbocycles. The van der Waals surface area contributed by atoms with E-state index in [4.69, 9.17) is 4.74 Å². The predicted molar refractivity (Wildman–Crippen MR) is 73.8 cm³/mol. The summed E-state index contributed by atoms with van der Waals surface area (Å²) in [5.41, 5.74) is 0.683. The Kier molecular flexibility index (Phi) is 3.80. The lowest BCUT2D eigenvalue weighted by atomic mass is 10.1. The number of carbonyl (C=O) groups excluding carboxylic acids is 2. The van der Waals surface area contributed by atoms with Crippen molar-refractivity contribution in [1.29, 1.82) is 0 Å². The molecule has 4 heteroatoms. The molecule has 1 N–H and O–H groups in total. The van der Waals surface area contributed by atoms with Crippen molar-refractivity contribution in [2.24, 2.45) is 0 Å². The van der Waals surface area contributed by atoms with Crippen molar-refractivity contribution in [3.05, 3.63) is 42.5 Å². The highest BCUT2D eigenvalue weighted by Crippen LogP contribution is 2.19. The fourth-order valence-electron chi connectivity index (χ4n) is 1.81. The molecule has 0 bridgehead atoms. The Hall–Kier alpha value is -2.36. The zero-order valence-corrected chi connectivity index (χ0v) is 10.8. The third-order valence-corrected chi connectivity index (χ3v) is 2.73. The molecule has 1 amide bonds. The number of amides is 1. The van der Waals surface area contributed by atoms with Crippen LogP contribution in [-0.2, 0) is 14.3 Å². The number of hydrogen-bond donors (Lipinski definition) is 1. The van der Waals surface area contributed by atoms with Crippen molar-refractivity contribution in [2.45, 2.75) is 20.0 Å². The fourth-order valence-corrected chi connectivity index (χ4v) is 1.81. The van der Waals surface area contributed by atoms with E-state index in [0.29, 0.717) is 5.69 Å². The number of benzene rings is 2. The Labute approximate surface area is 111 Å². The number of hydrogen-bond acceptors (Lipinski definition) is 3. The summed E-state index contributed by atoms with van der Waals surface area (Å²) in [6, 6.07) is 13.5.